The number of pyridine rings is 2. The van der Waals surface area contributed by atoms with Gasteiger partial charge in [-0.3, -0.25) is 9.69 Å². The fourth-order valence-electron chi connectivity index (χ4n) is 3.88. The minimum absolute atomic E-state index is 0.122. The highest BCUT2D eigenvalue weighted by molar-refractivity contribution is 5.94. The summed E-state index contributed by atoms with van der Waals surface area (Å²) in [5, 5.41) is 6.05. The zero-order valence-corrected chi connectivity index (χ0v) is 17.5. The van der Waals surface area contributed by atoms with Crippen molar-refractivity contribution in [3.8, 4) is 0 Å². The van der Waals surface area contributed by atoms with Crippen LogP contribution in [0.3, 0.4) is 0 Å². The van der Waals surface area contributed by atoms with E-state index in [1.165, 1.54) is 12.1 Å². The fraction of sp³-hybridized carbons (Fsp3) is 0.292. The van der Waals surface area contributed by atoms with E-state index in [1.54, 1.807) is 18.3 Å². The van der Waals surface area contributed by atoms with Gasteiger partial charge in [-0.05, 0) is 75.3 Å². The molecule has 0 saturated carbocycles. The second-order valence-electron chi connectivity index (χ2n) is 7.77. The monoisotopic (exact) mass is 419 g/mol. The Labute approximate surface area is 181 Å². The van der Waals surface area contributed by atoms with Crippen LogP contribution in [-0.2, 0) is 4.79 Å². The van der Waals surface area contributed by atoms with E-state index >= 15 is 0 Å². The second kappa shape index (κ2) is 9.66. The minimum atomic E-state index is -0.362. The normalized spacial score (nSPS) is 15.9. The Hall–Kier alpha value is -3.32. The third kappa shape index (κ3) is 5.44. The van der Waals surface area contributed by atoms with Gasteiger partial charge in [0.1, 0.15) is 17.5 Å². The van der Waals surface area contributed by atoms with Gasteiger partial charge in [0.15, 0.2) is 0 Å². The number of nitrogens with one attached hydrogen (secondary N) is 2. The molecule has 0 spiro atoms. The third-order valence-corrected chi connectivity index (χ3v) is 5.66. The lowest BCUT2D eigenvalue weighted by atomic mass is 9.92. The van der Waals surface area contributed by atoms with Crippen LogP contribution in [0.4, 0.5) is 21.7 Å². The molecule has 1 saturated heterocycles. The smallest absolute Gasteiger partial charge is 0.241 e. The molecule has 1 aliphatic rings. The van der Waals surface area contributed by atoms with Gasteiger partial charge in [0.2, 0.25) is 5.91 Å². The predicted octanol–water partition coefficient (Wildman–Crippen LogP) is 4.57. The highest BCUT2D eigenvalue weighted by Crippen LogP contribution is 2.29. The molecule has 2 aromatic heterocycles. The first kappa shape index (κ1) is 20.9. The summed E-state index contributed by atoms with van der Waals surface area (Å²) in [5.74, 6) is 1.41. The van der Waals surface area contributed by atoms with Crippen LogP contribution in [0.15, 0.2) is 66.9 Å². The van der Waals surface area contributed by atoms with Gasteiger partial charge in [0.25, 0.3) is 0 Å². The number of hydrogen-bond acceptors (Lipinski definition) is 5. The van der Waals surface area contributed by atoms with E-state index < -0.39 is 0 Å². The maximum Gasteiger partial charge on any atom is 0.241 e. The van der Waals surface area contributed by atoms with Gasteiger partial charge in [-0.1, -0.05) is 18.2 Å². The van der Waals surface area contributed by atoms with E-state index in [4.69, 9.17) is 4.98 Å². The van der Waals surface area contributed by atoms with Gasteiger partial charge in [0.05, 0.1) is 6.04 Å². The molecule has 1 aromatic carbocycles. The number of hydrogen-bond donors (Lipinski definition) is 2. The van der Waals surface area contributed by atoms with Crippen molar-refractivity contribution >= 4 is 23.2 Å². The number of carbonyl (C=O) groups is 1. The largest absolute Gasteiger partial charge is 0.325 e. The van der Waals surface area contributed by atoms with Crippen molar-refractivity contribution in [2.75, 3.05) is 23.7 Å². The Bertz CT molecular complexity index is 1020. The van der Waals surface area contributed by atoms with E-state index in [-0.39, 0.29) is 17.8 Å². The lowest BCUT2D eigenvalue weighted by Crippen LogP contribution is -2.45. The van der Waals surface area contributed by atoms with Crippen molar-refractivity contribution in [3.63, 3.8) is 0 Å². The molecule has 0 radical (unpaired) electrons. The maximum atomic E-state index is 13.4. The van der Waals surface area contributed by atoms with Crippen molar-refractivity contribution in [2.24, 2.45) is 0 Å². The van der Waals surface area contributed by atoms with Crippen molar-refractivity contribution < 1.29 is 9.18 Å². The van der Waals surface area contributed by atoms with E-state index in [2.05, 4.69) is 26.6 Å². The van der Waals surface area contributed by atoms with Gasteiger partial charge in [-0.25, -0.2) is 14.4 Å². The topological polar surface area (TPSA) is 70.2 Å². The number of halogens is 1. The molecule has 4 rings (SSSR count). The number of nitrogens with zero attached hydrogens (tertiary/aromatic N) is 3. The lowest BCUT2D eigenvalue weighted by molar-refractivity contribution is -0.121. The number of likely N-dealkylation sites (tertiary alicyclic amines) is 1. The summed E-state index contributed by atoms with van der Waals surface area (Å²) >= 11 is 0. The summed E-state index contributed by atoms with van der Waals surface area (Å²) < 4.78 is 13.4. The Kier molecular flexibility index (Phi) is 6.52. The van der Waals surface area contributed by atoms with Crippen molar-refractivity contribution in [1.82, 2.24) is 14.9 Å². The van der Waals surface area contributed by atoms with Gasteiger partial charge >= 0.3 is 0 Å². The summed E-state index contributed by atoms with van der Waals surface area (Å²) in [7, 11) is 0. The van der Waals surface area contributed by atoms with Gasteiger partial charge in [0, 0.05) is 23.5 Å². The number of carbonyl (C=O) groups excluding carboxylic acids is 1. The van der Waals surface area contributed by atoms with Crippen LogP contribution in [0, 0.1) is 5.82 Å². The summed E-state index contributed by atoms with van der Waals surface area (Å²) in [6.07, 6.45) is 3.60. The van der Waals surface area contributed by atoms with Crippen LogP contribution in [0.25, 0.3) is 0 Å². The van der Waals surface area contributed by atoms with Crippen LogP contribution >= 0.6 is 0 Å². The Balaban J connectivity index is 1.33. The van der Waals surface area contributed by atoms with Crippen LogP contribution in [-0.4, -0.2) is 39.9 Å². The summed E-state index contributed by atoms with van der Waals surface area (Å²) in [5.41, 5.74) is 1.53. The summed E-state index contributed by atoms with van der Waals surface area (Å²) in [6.45, 7) is 3.51. The molecule has 0 bridgehead atoms. The number of rotatable bonds is 6. The number of anilines is 3. The van der Waals surface area contributed by atoms with E-state index in [9.17, 15) is 9.18 Å². The molecule has 1 fully saturated rings. The highest BCUT2D eigenvalue weighted by Gasteiger charge is 2.28. The average molecular weight is 420 g/mol. The van der Waals surface area contributed by atoms with E-state index in [1.807, 2.05) is 37.3 Å². The number of benzene rings is 1. The number of amides is 1. The van der Waals surface area contributed by atoms with E-state index in [0.717, 1.165) is 43.3 Å². The van der Waals surface area contributed by atoms with Crippen LogP contribution in [0.2, 0.25) is 0 Å². The molecular formula is C24H26FN5O. The second-order valence-corrected chi connectivity index (χ2v) is 7.77. The van der Waals surface area contributed by atoms with Crippen molar-refractivity contribution in [1.29, 1.82) is 0 Å². The first-order valence-electron chi connectivity index (χ1n) is 10.5. The van der Waals surface area contributed by atoms with E-state index in [0.29, 0.717) is 11.6 Å². The molecular weight excluding hydrogens is 393 g/mol. The zero-order valence-electron chi connectivity index (χ0n) is 17.5. The molecule has 6 nitrogen and oxygen atoms in total. The summed E-state index contributed by atoms with van der Waals surface area (Å²) in [6, 6.07) is 17.4. The molecule has 2 N–H and O–H groups in total. The van der Waals surface area contributed by atoms with Crippen LogP contribution in [0.5, 0.6) is 0 Å². The molecule has 3 aromatic rings. The highest BCUT2D eigenvalue weighted by atomic mass is 19.1. The SMILES string of the molecule is C[C@H](C(=O)Nc1cccc(F)c1)N1CCC(c2cccc(Nc3ccccn3)n2)CC1. The molecule has 7 heteroatoms. The molecule has 1 atom stereocenters. The molecule has 31 heavy (non-hydrogen) atoms. The lowest BCUT2D eigenvalue weighted by Gasteiger charge is -2.35. The quantitative estimate of drug-likeness (QED) is 0.613. The molecule has 3 heterocycles. The maximum absolute atomic E-state index is 13.4. The van der Waals surface area contributed by atoms with Crippen molar-refractivity contribution in [3.05, 3.63) is 78.4 Å². The molecule has 1 amide bonds. The predicted molar refractivity (Wildman–Crippen MR) is 120 cm³/mol. The minimum Gasteiger partial charge on any atom is -0.325 e. The molecule has 1 aliphatic heterocycles. The zero-order chi connectivity index (χ0) is 21.6. The Morgan fingerprint density at radius 3 is 2.58 bits per heavy atom. The summed E-state index contributed by atoms with van der Waals surface area (Å²) in [4.78, 5) is 23.8. The molecule has 0 unspecified atom stereocenters. The fourth-order valence-corrected chi connectivity index (χ4v) is 3.88. The average Bonchev–Trinajstić information content (AvgIpc) is 2.79. The van der Waals surface area contributed by atoms with Crippen LogP contribution in [0.1, 0.15) is 31.4 Å². The molecule has 0 aliphatic carbocycles. The standard InChI is InChI=1S/C24H26FN5O/c1-17(24(31)27-20-7-4-6-19(25)16-20)30-14-11-18(12-15-30)21-8-5-10-23(28-21)29-22-9-2-3-13-26-22/h2-10,13,16-18H,11-12,14-15H2,1H3,(H,27,31)(H,26,28,29)/t17-/m1/s1. The molecule has 160 valence electrons. The first-order chi connectivity index (χ1) is 15.1. The third-order valence-electron chi connectivity index (χ3n) is 5.66. The van der Waals surface area contributed by atoms with Gasteiger partial charge < -0.3 is 10.6 Å². The van der Waals surface area contributed by atoms with Gasteiger partial charge in [-0.2, -0.15) is 0 Å². The number of piperidine rings is 1. The first-order valence-corrected chi connectivity index (χ1v) is 10.5. The van der Waals surface area contributed by atoms with Crippen molar-refractivity contribution in [2.45, 2.75) is 31.7 Å². The van der Waals surface area contributed by atoms with Gasteiger partial charge in [-0.15, -0.1) is 0 Å². The van der Waals surface area contributed by atoms with Crippen LogP contribution < -0.4 is 10.6 Å². The number of aromatic nitrogens is 2. The Morgan fingerprint density at radius 1 is 1.06 bits per heavy atom. The Morgan fingerprint density at radius 2 is 1.84 bits per heavy atom.